The molecule has 12 rings (SSSR count). The number of benzene rings is 8. The minimum absolute atomic E-state index is 0.532. The average Bonchev–Trinajstić information content (AvgIpc) is 3.84. The van der Waals surface area contributed by atoms with Crippen LogP contribution >= 0.6 is 0 Å². The van der Waals surface area contributed by atoms with Gasteiger partial charge in [0.2, 0.25) is 0 Å². The third-order valence-corrected chi connectivity index (χ3v) is 11.5. The monoisotopic (exact) mass is 663 g/mol. The van der Waals surface area contributed by atoms with Gasteiger partial charge in [0.15, 0.2) is 11.5 Å². The maximum atomic E-state index is 7.36. The van der Waals surface area contributed by atoms with Gasteiger partial charge in [-0.05, 0) is 98.6 Å². The molecule has 242 valence electrons. The summed E-state index contributed by atoms with van der Waals surface area (Å²) in [4.78, 5) is 2.37. The highest BCUT2D eigenvalue weighted by molar-refractivity contribution is 6.06. The highest BCUT2D eigenvalue weighted by atomic mass is 16.5. The molecule has 1 spiro atoms. The van der Waals surface area contributed by atoms with E-state index in [0.717, 1.165) is 61.6 Å². The molecule has 8 aromatic carbocycles. The molecule has 2 heterocycles. The normalized spacial score (nSPS) is 14.0. The predicted octanol–water partition coefficient (Wildman–Crippen LogP) is 13.2. The fourth-order valence-corrected chi connectivity index (χ4v) is 9.38. The molecule has 1 aliphatic heterocycles. The molecule has 0 amide bonds. The molecule has 3 nitrogen and oxygen atoms in total. The van der Waals surface area contributed by atoms with Crippen LogP contribution in [0, 0.1) is 0 Å². The van der Waals surface area contributed by atoms with Gasteiger partial charge in [0, 0.05) is 22.0 Å². The van der Waals surface area contributed by atoms with Crippen molar-refractivity contribution in [3.8, 4) is 44.9 Å². The Balaban J connectivity index is 1.13. The van der Waals surface area contributed by atoms with Crippen LogP contribution in [0.25, 0.3) is 55.3 Å². The first-order valence-corrected chi connectivity index (χ1v) is 17.8. The Morgan fingerprint density at radius 1 is 0.423 bits per heavy atom. The minimum atomic E-state index is -0.532. The Kier molecular flexibility index (Phi) is 5.43. The van der Waals surface area contributed by atoms with Crippen molar-refractivity contribution < 1.29 is 9.15 Å². The Morgan fingerprint density at radius 3 is 1.75 bits per heavy atom. The van der Waals surface area contributed by atoms with E-state index in [-0.39, 0.29) is 0 Å². The molecule has 0 fully saturated rings. The molecule has 52 heavy (non-hydrogen) atoms. The van der Waals surface area contributed by atoms with Crippen molar-refractivity contribution in [2.45, 2.75) is 5.41 Å². The number of ether oxygens (including phenoxy) is 1. The molecule has 9 aromatic rings. The Morgan fingerprint density at radius 2 is 1.00 bits per heavy atom. The van der Waals surface area contributed by atoms with Crippen molar-refractivity contribution >= 4 is 39.0 Å². The second-order valence-corrected chi connectivity index (χ2v) is 14.0. The predicted molar refractivity (Wildman–Crippen MR) is 210 cm³/mol. The van der Waals surface area contributed by atoms with Crippen LogP contribution in [0.2, 0.25) is 0 Å². The maximum Gasteiger partial charge on any atom is 0.156 e. The van der Waals surface area contributed by atoms with Gasteiger partial charge in [0.1, 0.15) is 11.2 Å². The summed E-state index contributed by atoms with van der Waals surface area (Å²) in [5.41, 5.74) is 16.7. The fraction of sp³-hybridized carbons (Fsp3) is 0.0204. The zero-order valence-corrected chi connectivity index (χ0v) is 28.0. The zero-order valence-electron chi connectivity index (χ0n) is 28.0. The molecule has 0 saturated heterocycles. The van der Waals surface area contributed by atoms with Gasteiger partial charge in [-0.25, -0.2) is 0 Å². The first kappa shape index (κ1) is 27.9. The van der Waals surface area contributed by atoms with Gasteiger partial charge in [-0.1, -0.05) is 127 Å². The van der Waals surface area contributed by atoms with E-state index in [1.807, 2.05) is 12.1 Å². The summed E-state index contributed by atoms with van der Waals surface area (Å²) in [6.07, 6.45) is 0. The number of anilines is 3. The van der Waals surface area contributed by atoms with Gasteiger partial charge in [-0.2, -0.15) is 0 Å². The molecule has 2 aliphatic carbocycles. The summed E-state index contributed by atoms with van der Waals surface area (Å²) < 4.78 is 13.5. The van der Waals surface area contributed by atoms with Crippen LogP contribution in [0.5, 0.6) is 11.5 Å². The van der Waals surface area contributed by atoms with E-state index in [1.54, 1.807) is 0 Å². The zero-order chi connectivity index (χ0) is 34.0. The molecule has 3 aliphatic rings. The number of hydrogen-bond acceptors (Lipinski definition) is 3. The van der Waals surface area contributed by atoms with Crippen LogP contribution in [0.15, 0.2) is 180 Å². The lowest BCUT2D eigenvalue weighted by Gasteiger charge is -2.37. The van der Waals surface area contributed by atoms with Crippen molar-refractivity contribution in [1.29, 1.82) is 0 Å². The van der Waals surface area contributed by atoms with Crippen molar-refractivity contribution in [2.24, 2.45) is 0 Å². The van der Waals surface area contributed by atoms with Crippen LogP contribution in [0.3, 0.4) is 0 Å². The van der Waals surface area contributed by atoms with Gasteiger partial charge in [0.25, 0.3) is 0 Å². The number of furan rings is 1. The van der Waals surface area contributed by atoms with Crippen LogP contribution in [-0.2, 0) is 5.41 Å². The quantitative estimate of drug-likeness (QED) is 0.184. The summed E-state index contributed by atoms with van der Waals surface area (Å²) in [6.45, 7) is 0. The molecule has 0 N–H and O–H groups in total. The first-order valence-electron chi connectivity index (χ1n) is 17.8. The molecule has 1 aromatic heterocycles. The highest BCUT2D eigenvalue weighted by Gasteiger charge is 2.54. The largest absolute Gasteiger partial charge is 0.456 e. The van der Waals surface area contributed by atoms with Crippen LogP contribution in [0.1, 0.15) is 22.3 Å². The van der Waals surface area contributed by atoms with Gasteiger partial charge >= 0.3 is 0 Å². The number of fused-ring (bicyclic) bond motifs is 16. The molecule has 0 unspecified atom stereocenters. The number of hydrogen-bond donors (Lipinski definition) is 0. The lowest BCUT2D eigenvalue weighted by Crippen LogP contribution is -2.28. The third kappa shape index (κ3) is 3.49. The summed E-state index contributed by atoms with van der Waals surface area (Å²) in [5, 5.41) is 2.23. The number of rotatable bonds is 2. The van der Waals surface area contributed by atoms with Crippen LogP contribution < -0.4 is 9.64 Å². The van der Waals surface area contributed by atoms with Crippen molar-refractivity contribution in [3.63, 3.8) is 0 Å². The SMILES string of the molecule is c1ccc(N2c3ccc(-c4ccc5oc6ccccc6c5c4)cc3Oc3c2ccc2c3C3(c4ccccc4-c4ccccc43)c3ccccc3-2)cc1. The van der Waals surface area contributed by atoms with E-state index < -0.39 is 5.41 Å². The van der Waals surface area contributed by atoms with E-state index >= 15 is 0 Å². The lowest BCUT2D eigenvalue weighted by atomic mass is 9.70. The second-order valence-electron chi connectivity index (χ2n) is 14.0. The molecule has 0 radical (unpaired) electrons. The van der Waals surface area contributed by atoms with Gasteiger partial charge in [-0.15, -0.1) is 0 Å². The fourth-order valence-electron chi connectivity index (χ4n) is 9.38. The van der Waals surface area contributed by atoms with E-state index in [4.69, 9.17) is 9.15 Å². The van der Waals surface area contributed by atoms with Crippen LogP contribution in [-0.4, -0.2) is 0 Å². The summed E-state index contributed by atoms with van der Waals surface area (Å²) in [7, 11) is 0. The van der Waals surface area contributed by atoms with Gasteiger partial charge < -0.3 is 14.1 Å². The third-order valence-electron chi connectivity index (χ3n) is 11.5. The van der Waals surface area contributed by atoms with Crippen molar-refractivity contribution in [1.82, 2.24) is 0 Å². The molecule has 0 bridgehead atoms. The number of nitrogens with zero attached hydrogens (tertiary/aromatic N) is 1. The molecule has 3 heteroatoms. The number of para-hydroxylation sites is 2. The Bertz CT molecular complexity index is 2890. The molecule has 0 saturated carbocycles. The topological polar surface area (TPSA) is 25.6 Å². The summed E-state index contributed by atoms with van der Waals surface area (Å²) in [5.74, 6) is 1.72. The van der Waals surface area contributed by atoms with E-state index in [1.165, 1.54) is 44.5 Å². The summed E-state index contributed by atoms with van der Waals surface area (Å²) in [6, 6.07) is 63.4. The van der Waals surface area contributed by atoms with Gasteiger partial charge in [-0.3, -0.25) is 0 Å². The Labute approximate surface area is 300 Å². The molecule has 0 atom stereocenters. The minimum Gasteiger partial charge on any atom is -0.456 e. The van der Waals surface area contributed by atoms with E-state index in [2.05, 4.69) is 169 Å². The highest BCUT2D eigenvalue weighted by Crippen LogP contribution is 2.67. The first-order chi connectivity index (χ1) is 25.8. The molecular formula is C49H29NO2. The molecular weight excluding hydrogens is 635 g/mol. The smallest absolute Gasteiger partial charge is 0.156 e. The Hall–Kier alpha value is -6.84. The summed E-state index contributed by atoms with van der Waals surface area (Å²) >= 11 is 0. The second kappa shape index (κ2) is 10.1. The van der Waals surface area contributed by atoms with E-state index in [9.17, 15) is 0 Å². The van der Waals surface area contributed by atoms with Gasteiger partial charge in [0.05, 0.1) is 16.8 Å². The average molecular weight is 664 g/mol. The van der Waals surface area contributed by atoms with Crippen molar-refractivity contribution in [3.05, 3.63) is 198 Å². The van der Waals surface area contributed by atoms with Crippen molar-refractivity contribution in [2.75, 3.05) is 4.90 Å². The van der Waals surface area contributed by atoms with E-state index in [0.29, 0.717) is 0 Å². The standard InChI is InChI=1S/C49H29NO2/c1-2-12-32(13-3-1)50-42-25-22-31(30-23-27-45-38(28-30)36-17-7-11-21-44(36)51-45)29-46(42)52-48-43(50)26-24-37-35-16-6-10-20-41(35)49(47(37)48)39-18-8-4-14-33(39)34-15-5-9-19-40(34)49/h1-29H. The van der Waals surface area contributed by atoms with Crippen LogP contribution in [0.4, 0.5) is 17.1 Å². The lowest BCUT2D eigenvalue weighted by molar-refractivity contribution is 0.466. The maximum absolute atomic E-state index is 7.36.